The van der Waals surface area contributed by atoms with E-state index in [1.54, 1.807) is 6.08 Å². The molecule has 1 saturated heterocycles. The summed E-state index contributed by atoms with van der Waals surface area (Å²) in [4.78, 5) is 25.5. The van der Waals surface area contributed by atoms with Crippen molar-refractivity contribution in [2.75, 3.05) is 6.61 Å². The van der Waals surface area contributed by atoms with Gasteiger partial charge in [0.25, 0.3) is 0 Å². The van der Waals surface area contributed by atoms with E-state index < -0.39 is 51.7 Å². The molecule has 7 nitrogen and oxygen atoms in total. The van der Waals surface area contributed by atoms with E-state index in [4.69, 9.17) is 9.47 Å². The van der Waals surface area contributed by atoms with Gasteiger partial charge in [-0.05, 0) is 74.2 Å². The molecule has 0 radical (unpaired) electrons. The number of hydrogen-bond donors (Lipinski definition) is 3. The standard InChI is InChI=1S/C32H48O7/c1-17(33)39-25-14-23-28(2,3)24(36)11-12-30(23,6)26-21(35)15-31(7)19(9-10-22(31)32(25,26)8)18-13-20(34)27(37)29(4,5)38-16-18/h10-12,18-21,23,25-27,34-35,37H,9,13-16H2,1-8H3/t18-,19+,20-,21-,23+,25-,26-,27+,30+,31+,32-/m1/s1. The lowest BCUT2D eigenvalue weighted by Crippen LogP contribution is -2.68. The Morgan fingerprint density at radius 1 is 1.03 bits per heavy atom. The highest BCUT2D eigenvalue weighted by Gasteiger charge is 2.71. The van der Waals surface area contributed by atoms with E-state index in [1.807, 2.05) is 33.8 Å². The van der Waals surface area contributed by atoms with Crippen molar-refractivity contribution in [2.45, 2.75) is 111 Å². The Kier molecular flexibility index (Phi) is 6.67. The lowest BCUT2D eigenvalue weighted by molar-refractivity contribution is -0.210. The van der Waals surface area contributed by atoms with Gasteiger partial charge in [0, 0.05) is 23.7 Å². The van der Waals surface area contributed by atoms with Crippen LogP contribution in [0.3, 0.4) is 0 Å². The Bertz CT molecular complexity index is 1110. The first-order chi connectivity index (χ1) is 17.9. The molecule has 39 heavy (non-hydrogen) atoms. The normalized spacial score (nSPS) is 50.2. The van der Waals surface area contributed by atoms with Crippen molar-refractivity contribution in [1.29, 1.82) is 0 Å². The molecule has 0 unspecified atom stereocenters. The second-order valence-electron chi connectivity index (χ2n) is 15.0. The van der Waals surface area contributed by atoms with Crippen LogP contribution in [0.25, 0.3) is 0 Å². The molecule has 1 aliphatic heterocycles. The van der Waals surface area contributed by atoms with Crippen molar-refractivity contribution in [3.05, 3.63) is 23.8 Å². The lowest BCUT2D eigenvalue weighted by Gasteiger charge is -2.67. The maximum Gasteiger partial charge on any atom is 0.302 e. The Hall–Kier alpha value is -1.54. The number of allylic oxidation sites excluding steroid dienone is 3. The number of aliphatic hydroxyl groups is 3. The number of carbonyl (C=O) groups is 2. The minimum absolute atomic E-state index is 0.00671. The van der Waals surface area contributed by atoms with Crippen LogP contribution >= 0.6 is 0 Å². The number of carbonyl (C=O) groups excluding carboxylic acids is 2. The second-order valence-corrected chi connectivity index (χ2v) is 15.0. The van der Waals surface area contributed by atoms with E-state index in [-0.39, 0.29) is 35.4 Å². The van der Waals surface area contributed by atoms with Crippen molar-refractivity contribution >= 4 is 11.8 Å². The van der Waals surface area contributed by atoms with Gasteiger partial charge < -0.3 is 24.8 Å². The topological polar surface area (TPSA) is 113 Å². The number of aliphatic hydroxyl groups excluding tert-OH is 3. The van der Waals surface area contributed by atoms with Crippen molar-refractivity contribution in [1.82, 2.24) is 0 Å². The molecule has 0 aromatic carbocycles. The predicted octanol–water partition coefficient (Wildman–Crippen LogP) is 3.99. The first-order valence-electron chi connectivity index (χ1n) is 14.7. The third-order valence-electron chi connectivity index (χ3n) is 12.1. The molecule has 2 saturated carbocycles. The molecule has 5 aliphatic rings. The molecule has 1 heterocycles. The monoisotopic (exact) mass is 544 g/mol. The number of fused-ring (bicyclic) bond motifs is 5. The van der Waals surface area contributed by atoms with Crippen LogP contribution in [-0.4, -0.2) is 63.7 Å². The average molecular weight is 545 g/mol. The highest BCUT2D eigenvalue weighted by atomic mass is 16.5. The fourth-order valence-electron chi connectivity index (χ4n) is 10.2. The van der Waals surface area contributed by atoms with Crippen molar-refractivity contribution in [3.8, 4) is 0 Å². The van der Waals surface area contributed by atoms with Crippen LogP contribution < -0.4 is 0 Å². The summed E-state index contributed by atoms with van der Waals surface area (Å²) < 4.78 is 12.3. The zero-order valence-corrected chi connectivity index (χ0v) is 24.9. The van der Waals surface area contributed by atoms with Gasteiger partial charge in [-0.25, -0.2) is 0 Å². The molecule has 0 spiro atoms. The van der Waals surface area contributed by atoms with Crippen LogP contribution in [-0.2, 0) is 19.1 Å². The van der Waals surface area contributed by atoms with Gasteiger partial charge in [-0.15, -0.1) is 0 Å². The van der Waals surface area contributed by atoms with Gasteiger partial charge in [-0.2, -0.15) is 0 Å². The van der Waals surface area contributed by atoms with Crippen LogP contribution in [0.5, 0.6) is 0 Å². The van der Waals surface area contributed by atoms with E-state index in [1.165, 1.54) is 12.5 Å². The van der Waals surface area contributed by atoms with Gasteiger partial charge in [0.05, 0.1) is 24.4 Å². The van der Waals surface area contributed by atoms with Crippen molar-refractivity contribution in [2.24, 2.45) is 45.3 Å². The summed E-state index contributed by atoms with van der Waals surface area (Å²) in [5.74, 6) is -0.524. The van der Waals surface area contributed by atoms with Crippen molar-refractivity contribution in [3.63, 3.8) is 0 Å². The molecule has 0 aromatic heterocycles. The van der Waals surface area contributed by atoms with E-state index in [0.717, 1.165) is 6.42 Å². The van der Waals surface area contributed by atoms with E-state index in [2.05, 4.69) is 26.8 Å². The first-order valence-corrected chi connectivity index (χ1v) is 14.7. The molecule has 0 amide bonds. The van der Waals surface area contributed by atoms with Gasteiger partial charge in [0.1, 0.15) is 12.2 Å². The molecular formula is C32H48O7. The summed E-state index contributed by atoms with van der Waals surface area (Å²) in [6.45, 7) is 16.0. The number of ether oxygens (including phenoxy) is 2. The smallest absolute Gasteiger partial charge is 0.302 e. The molecule has 3 fully saturated rings. The minimum Gasteiger partial charge on any atom is -0.462 e. The summed E-state index contributed by atoms with van der Waals surface area (Å²) in [7, 11) is 0. The Morgan fingerprint density at radius 3 is 2.33 bits per heavy atom. The number of rotatable bonds is 2. The largest absolute Gasteiger partial charge is 0.462 e. The van der Waals surface area contributed by atoms with Crippen LogP contribution in [0.2, 0.25) is 0 Å². The molecule has 3 N–H and O–H groups in total. The maximum absolute atomic E-state index is 13.0. The Morgan fingerprint density at radius 2 is 1.69 bits per heavy atom. The zero-order chi connectivity index (χ0) is 28.9. The molecular weight excluding hydrogens is 496 g/mol. The fraction of sp³-hybridized carbons (Fsp3) is 0.812. The van der Waals surface area contributed by atoms with Gasteiger partial charge >= 0.3 is 5.97 Å². The van der Waals surface area contributed by atoms with E-state index in [0.29, 0.717) is 25.9 Å². The second kappa shape index (κ2) is 8.98. The predicted molar refractivity (Wildman–Crippen MR) is 146 cm³/mol. The molecule has 5 rings (SSSR count). The summed E-state index contributed by atoms with van der Waals surface area (Å²) >= 11 is 0. The fourth-order valence-corrected chi connectivity index (χ4v) is 10.2. The molecule has 11 atom stereocenters. The van der Waals surface area contributed by atoms with Gasteiger partial charge in [-0.3, -0.25) is 9.59 Å². The molecule has 4 aliphatic carbocycles. The zero-order valence-electron chi connectivity index (χ0n) is 24.9. The van der Waals surface area contributed by atoms with Crippen LogP contribution in [0.4, 0.5) is 0 Å². The molecule has 218 valence electrons. The molecule has 7 heteroatoms. The highest BCUT2D eigenvalue weighted by Crippen LogP contribution is 2.72. The van der Waals surface area contributed by atoms with Crippen LogP contribution in [0.15, 0.2) is 23.8 Å². The highest BCUT2D eigenvalue weighted by molar-refractivity contribution is 5.95. The van der Waals surface area contributed by atoms with Crippen LogP contribution in [0, 0.1) is 45.3 Å². The quantitative estimate of drug-likeness (QED) is 0.356. The van der Waals surface area contributed by atoms with Crippen LogP contribution in [0.1, 0.15) is 81.1 Å². The Balaban J connectivity index is 1.58. The van der Waals surface area contributed by atoms with Gasteiger partial charge in [-0.1, -0.05) is 52.3 Å². The number of esters is 1. The summed E-state index contributed by atoms with van der Waals surface area (Å²) in [6, 6.07) is 0. The minimum atomic E-state index is -0.976. The first kappa shape index (κ1) is 29.0. The third-order valence-corrected chi connectivity index (χ3v) is 12.1. The van der Waals surface area contributed by atoms with E-state index >= 15 is 0 Å². The third kappa shape index (κ3) is 3.97. The Labute approximate surface area is 233 Å². The SMILES string of the molecule is CC(=O)O[C@@H]1C[C@H]2C(C)(C)C(=O)C=C[C@]2(C)[C@H]2[C@H](O)C[C@]3(C)C(=CC[C@H]3[C@H]3COC(C)(C)[C@@H](O)[C@H](O)C3)[C@@]21C. The lowest BCUT2D eigenvalue weighted by atomic mass is 9.37. The molecule has 0 bridgehead atoms. The summed E-state index contributed by atoms with van der Waals surface area (Å²) in [6.07, 6.45) is 5.27. The maximum atomic E-state index is 13.0. The van der Waals surface area contributed by atoms with Gasteiger partial charge in [0.15, 0.2) is 5.78 Å². The summed E-state index contributed by atoms with van der Waals surface area (Å²) in [5, 5.41) is 33.7. The van der Waals surface area contributed by atoms with Crippen molar-refractivity contribution < 1.29 is 34.4 Å². The molecule has 0 aromatic rings. The van der Waals surface area contributed by atoms with E-state index in [9.17, 15) is 24.9 Å². The number of ketones is 1. The summed E-state index contributed by atoms with van der Waals surface area (Å²) in [5.41, 5.74) is -1.78. The van der Waals surface area contributed by atoms with Gasteiger partial charge in [0.2, 0.25) is 0 Å². The average Bonchev–Trinajstić information content (AvgIpc) is 3.12. The number of hydrogen-bond acceptors (Lipinski definition) is 7.